The molecule has 0 N–H and O–H groups in total. The molecule has 26 heavy (non-hydrogen) atoms. The van der Waals surface area contributed by atoms with Crippen molar-refractivity contribution in [3.8, 4) is 11.4 Å². The van der Waals surface area contributed by atoms with Crippen molar-refractivity contribution in [2.24, 2.45) is 0 Å². The topological polar surface area (TPSA) is 90.3 Å². The van der Waals surface area contributed by atoms with E-state index in [9.17, 15) is 0 Å². The molecule has 0 bridgehead atoms. The first-order chi connectivity index (χ1) is 12.8. The largest absolute Gasteiger partial charge is 0.375 e. The Labute approximate surface area is 151 Å². The second-order valence-electron chi connectivity index (χ2n) is 6.43. The van der Waals surface area contributed by atoms with Crippen molar-refractivity contribution in [3.05, 3.63) is 47.9 Å². The van der Waals surface area contributed by atoms with Crippen molar-refractivity contribution in [1.82, 2.24) is 25.2 Å². The first kappa shape index (κ1) is 16.9. The number of methoxy groups -OCH3 is 1. The summed E-state index contributed by atoms with van der Waals surface area (Å²) in [6.45, 7) is 2.80. The predicted octanol–water partition coefficient (Wildman–Crippen LogP) is 2.65. The van der Waals surface area contributed by atoms with Crippen molar-refractivity contribution in [2.75, 3.05) is 20.2 Å². The second kappa shape index (κ2) is 7.76. The van der Waals surface area contributed by atoms with Gasteiger partial charge in [0.2, 0.25) is 11.7 Å². The van der Waals surface area contributed by atoms with Crippen LogP contribution in [0, 0.1) is 0 Å². The van der Waals surface area contributed by atoms with Crippen LogP contribution in [0.5, 0.6) is 0 Å². The van der Waals surface area contributed by atoms with Crippen LogP contribution in [0.15, 0.2) is 39.4 Å². The van der Waals surface area contributed by atoms with Gasteiger partial charge in [-0.15, -0.1) is 0 Å². The fraction of sp³-hybridized carbons (Fsp3) is 0.444. The van der Waals surface area contributed by atoms with Crippen LogP contribution in [0.2, 0.25) is 0 Å². The number of hydrogen-bond donors (Lipinski definition) is 0. The summed E-state index contributed by atoms with van der Waals surface area (Å²) >= 11 is 0. The summed E-state index contributed by atoms with van der Waals surface area (Å²) in [5, 5.41) is 8.15. The molecule has 8 nitrogen and oxygen atoms in total. The maximum atomic E-state index is 5.54. The maximum Gasteiger partial charge on any atom is 0.252 e. The highest BCUT2D eigenvalue weighted by molar-refractivity contribution is 5.53. The molecule has 1 aliphatic heterocycles. The monoisotopic (exact) mass is 355 g/mol. The van der Waals surface area contributed by atoms with Gasteiger partial charge in [-0.1, -0.05) is 40.6 Å². The molecule has 0 saturated carbocycles. The normalized spacial score (nSPS) is 18.3. The van der Waals surface area contributed by atoms with Crippen molar-refractivity contribution in [3.63, 3.8) is 0 Å². The van der Waals surface area contributed by atoms with E-state index in [-0.39, 0.29) is 5.92 Å². The van der Waals surface area contributed by atoms with Crippen LogP contribution in [-0.4, -0.2) is 45.4 Å². The summed E-state index contributed by atoms with van der Waals surface area (Å²) in [7, 11) is 1.60. The van der Waals surface area contributed by atoms with Crippen molar-refractivity contribution >= 4 is 0 Å². The summed E-state index contributed by atoms with van der Waals surface area (Å²) in [6.07, 6.45) is 2.10. The Kier molecular flexibility index (Phi) is 5.03. The Morgan fingerprint density at radius 2 is 2.04 bits per heavy atom. The van der Waals surface area contributed by atoms with E-state index in [1.165, 1.54) is 0 Å². The minimum Gasteiger partial charge on any atom is -0.375 e. The molecule has 1 atom stereocenters. The molecule has 3 aromatic rings. The van der Waals surface area contributed by atoms with Gasteiger partial charge in [-0.3, -0.25) is 4.90 Å². The van der Waals surface area contributed by atoms with E-state index in [0.717, 1.165) is 31.5 Å². The van der Waals surface area contributed by atoms with E-state index in [0.29, 0.717) is 36.6 Å². The molecule has 0 spiro atoms. The standard InChI is InChI=1S/C18H21N5O3/c1-24-12-16-19-15(21-25-16)11-23-9-5-8-14(10-23)18-20-17(22-26-18)13-6-3-2-4-7-13/h2-4,6-7,14H,5,8-12H2,1H3/t14-/m0/s1. The smallest absolute Gasteiger partial charge is 0.252 e. The van der Waals surface area contributed by atoms with Gasteiger partial charge < -0.3 is 13.8 Å². The molecule has 0 amide bonds. The van der Waals surface area contributed by atoms with Gasteiger partial charge in [-0.05, 0) is 19.4 Å². The molecule has 1 fully saturated rings. The SMILES string of the molecule is COCc1nc(CN2CCC[C@H](c3nc(-c4ccccc4)no3)C2)no1. The van der Waals surface area contributed by atoms with E-state index < -0.39 is 0 Å². The van der Waals surface area contributed by atoms with E-state index in [2.05, 4.69) is 25.2 Å². The van der Waals surface area contributed by atoms with Crippen LogP contribution in [0.3, 0.4) is 0 Å². The van der Waals surface area contributed by atoms with E-state index in [1.54, 1.807) is 7.11 Å². The highest BCUT2D eigenvalue weighted by Gasteiger charge is 2.27. The third-order valence-corrected chi connectivity index (χ3v) is 4.47. The average Bonchev–Trinajstić information content (AvgIpc) is 3.33. The third kappa shape index (κ3) is 3.81. The zero-order chi connectivity index (χ0) is 17.8. The molecule has 8 heteroatoms. The van der Waals surface area contributed by atoms with Crippen molar-refractivity contribution in [2.45, 2.75) is 31.9 Å². The number of benzene rings is 1. The van der Waals surface area contributed by atoms with Crippen LogP contribution in [0.1, 0.15) is 36.4 Å². The van der Waals surface area contributed by atoms with Crippen LogP contribution in [0.25, 0.3) is 11.4 Å². The number of nitrogens with zero attached hydrogens (tertiary/aromatic N) is 5. The van der Waals surface area contributed by atoms with Gasteiger partial charge in [0.05, 0.1) is 12.5 Å². The number of rotatable bonds is 6. The van der Waals surface area contributed by atoms with E-state index >= 15 is 0 Å². The summed E-state index contributed by atoms with van der Waals surface area (Å²) in [4.78, 5) is 11.2. The van der Waals surface area contributed by atoms with Gasteiger partial charge in [-0.25, -0.2) is 0 Å². The van der Waals surface area contributed by atoms with Gasteiger partial charge in [0.25, 0.3) is 5.89 Å². The second-order valence-corrected chi connectivity index (χ2v) is 6.43. The Bertz CT molecular complexity index is 832. The average molecular weight is 355 g/mol. The number of ether oxygens (including phenoxy) is 1. The summed E-state index contributed by atoms with van der Waals surface area (Å²) < 4.78 is 15.7. The lowest BCUT2D eigenvalue weighted by atomic mass is 9.98. The molecule has 136 valence electrons. The summed E-state index contributed by atoms with van der Waals surface area (Å²) in [5.74, 6) is 2.73. The van der Waals surface area contributed by atoms with Crippen LogP contribution < -0.4 is 0 Å². The predicted molar refractivity (Wildman–Crippen MR) is 92.0 cm³/mol. The number of piperidine rings is 1. The fourth-order valence-corrected chi connectivity index (χ4v) is 3.24. The number of hydrogen-bond acceptors (Lipinski definition) is 8. The molecule has 0 radical (unpaired) electrons. The van der Waals surface area contributed by atoms with Gasteiger partial charge in [-0.2, -0.15) is 9.97 Å². The zero-order valence-electron chi connectivity index (χ0n) is 14.7. The number of likely N-dealkylation sites (tertiary alicyclic amines) is 1. The zero-order valence-corrected chi connectivity index (χ0v) is 14.7. The Balaban J connectivity index is 1.41. The van der Waals surface area contributed by atoms with Crippen molar-refractivity contribution < 1.29 is 13.8 Å². The molecule has 2 aromatic heterocycles. The van der Waals surface area contributed by atoms with Gasteiger partial charge in [0, 0.05) is 19.2 Å². The Morgan fingerprint density at radius 1 is 1.15 bits per heavy atom. The third-order valence-electron chi connectivity index (χ3n) is 4.47. The lowest BCUT2D eigenvalue weighted by Gasteiger charge is -2.29. The van der Waals surface area contributed by atoms with Gasteiger partial charge in [0.1, 0.15) is 6.61 Å². The molecule has 1 aliphatic rings. The minimum atomic E-state index is 0.221. The fourth-order valence-electron chi connectivity index (χ4n) is 3.24. The molecule has 4 rings (SSSR count). The number of aromatic nitrogens is 4. The first-order valence-corrected chi connectivity index (χ1v) is 8.73. The van der Waals surface area contributed by atoms with E-state index in [4.69, 9.17) is 13.8 Å². The molecule has 1 saturated heterocycles. The molecule has 0 unspecified atom stereocenters. The molecular weight excluding hydrogens is 334 g/mol. The lowest BCUT2D eigenvalue weighted by Crippen LogP contribution is -2.34. The Hall–Kier alpha value is -2.58. The van der Waals surface area contributed by atoms with Crippen LogP contribution in [-0.2, 0) is 17.9 Å². The first-order valence-electron chi connectivity index (χ1n) is 8.73. The van der Waals surface area contributed by atoms with Crippen LogP contribution in [0.4, 0.5) is 0 Å². The molecular formula is C18H21N5O3. The summed E-state index contributed by atoms with van der Waals surface area (Å²) in [5.41, 5.74) is 0.965. The lowest BCUT2D eigenvalue weighted by molar-refractivity contribution is 0.151. The minimum absolute atomic E-state index is 0.221. The maximum absolute atomic E-state index is 5.54. The Morgan fingerprint density at radius 3 is 2.88 bits per heavy atom. The molecule has 0 aliphatic carbocycles. The molecule has 3 heterocycles. The quantitative estimate of drug-likeness (QED) is 0.666. The highest BCUT2D eigenvalue weighted by Crippen LogP contribution is 2.28. The molecule has 1 aromatic carbocycles. The van der Waals surface area contributed by atoms with E-state index in [1.807, 2.05) is 30.3 Å². The van der Waals surface area contributed by atoms with Gasteiger partial charge >= 0.3 is 0 Å². The van der Waals surface area contributed by atoms with Crippen molar-refractivity contribution in [1.29, 1.82) is 0 Å². The van der Waals surface area contributed by atoms with Crippen LogP contribution >= 0.6 is 0 Å². The van der Waals surface area contributed by atoms with Gasteiger partial charge in [0.15, 0.2) is 5.82 Å². The highest BCUT2D eigenvalue weighted by atomic mass is 16.5. The summed E-state index contributed by atoms with van der Waals surface area (Å²) in [6, 6.07) is 9.87.